The minimum Gasteiger partial charge on any atom is -0.493 e. The summed E-state index contributed by atoms with van der Waals surface area (Å²) in [5.41, 5.74) is 2.70. The topological polar surface area (TPSA) is 109 Å². The van der Waals surface area contributed by atoms with Crippen molar-refractivity contribution in [3.63, 3.8) is 0 Å². The molecule has 9 nitrogen and oxygen atoms in total. The largest absolute Gasteiger partial charge is 0.493 e. The van der Waals surface area contributed by atoms with Crippen LogP contribution in [-0.4, -0.2) is 55.1 Å². The number of carbonyl (C=O) groups excluding carboxylic acids is 3. The van der Waals surface area contributed by atoms with E-state index in [0.29, 0.717) is 22.3 Å². The number of rotatable bonds is 10. The lowest BCUT2D eigenvalue weighted by Crippen LogP contribution is -2.30. The van der Waals surface area contributed by atoms with Crippen LogP contribution in [-0.2, 0) is 19.1 Å². The maximum Gasteiger partial charge on any atom is 0.305 e. The summed E-state index contributed by atoms with van der Waals surface area (Å²) in [5, 5.41) is 2.64. The van der Waals surface area contributed by atoms with E-state index in [4.69, 9.17) is 21.1 Å². The number of carbonyl (C=O) groups is 3. The fraction of sp³-hybridized carbons (Fsp3) is 0.333. The summed E-state index contributed by atoms with van der Waals surface area (Å²) in [5.74, 6) is 0.872. The number of nitrogens with zero attached hydrogens (tertiary/aromatic N) is 2. The second-order valence-corrected chi connectivity index (χ2v) is 10.3. The molecule has 0 spiro atoms. The SMILES string of the molecule is COC(=O)CCC(=O)CNC(=O)C[C@@H]1S[C@@H](c2cccc(OC)c2OC)c2cc(Cl)ccc2-n2ccnc21. The Morgan fingerprint density at radius 3 is 2.63 bits per heavy atom. The molecule has 4 rings (SSSR count). The molecule has 1 aromatic heterocycles. The van der Waals surface area contributed by atoms with E-state index in [2.05, 4.69) is 15.0 Å². The zero-order valence-corrected chi connectivity index (χ0v) is 22.8. The van der Waals surface area contributed by atoms with Gasteiger partial charge < -0.3 is 24.1 Å². The molecule has 38 heavy (non-hydrogen) atoms. The van der Waals surface area contributed by atoms with Gasteiger partial charge in [0, 0.05) is 35.8 Å². The van der Waals surface area contributed by atoms with Crippen LogP contribution in [0.15, 0.2) is 48.8 Å². The van der Waals surface area contributed by atoms with Crippen molar-refractivity contribution in [2.75, 3.05) is 27.9 Å². The van der Waals surface area contributed by atoms with Gasteiger partial charge >= 0.3 is 5.97 Å². The van der Waals surface area contributed by atoms with Gasteiger partial charge in [-0.1, -0.05) is 23.7 Å². The number of hydrogen-bond acceptors (Lipinski definition) is 8. The monoisotopic (exact) mass is 557 g/mol. The van der Waals surface area contributed by atoms with E-state index in [9.17, 15) is 14.4 Å². The van der Waals surface area contributed by atoms with Crippen molar-refractivity contribution in [3.05, 3.63) is 70.8 Å². The van der Waals surface area contributed by atoms with Crippen molar-refractivity contribution in [2.45, 2.75) is 29.8 Å². The van der Waals surface area contributed by atoms with Gasteiger partial charge in [-0.2, -0.15) is 0 Å². The first-order chi connectivity index (χ1) is 18.4. The molecule has 0 aliphatic carbocycles. The van der Waals surface area contributed by atoms with Gasteiger partial charge in [0.1, 0.15) is 5.82 Å². The summed E-state index contributed by atoms with van der Waals surface area (Å²) in [6.45, 7) is -0.162. The number of nitrogens with one attached hydrogen (secondary N) is 1. The fourth-order valence-corrected chi connectivity index (χ4v) is 6.10. The van der Waals surface area contributed by atoms with Crippen LogP contribution in [0.1, 0.15) is 46.7 Å². The van der Waals surface area contributed by atoms with Gasteiger partial charge in [-0.25, -0.2) is 4.98 Å². The lowest BCUT2D eigenvalue weighted by atomic mass is 10.0. The van der Waals surface area contributed by atoms with Gasteiger partial charge in [0.2, 0.25) is 5.91 Å². The average Bonchev–Trinajstić information content (AvgIpc) is 3.37. The molecule has 1 aliphatic heterocycles. The predicted molar refractivity (Wildman–Crippen MR) is 144 cm³/mol. The second-order valence-electron chi connectivity index (χ2n) is 8.54. The van der Waals surface area contributed by atoms with Crippen molar-refractivity contribution in [3.8, 4) is 17.2 Å². The highest BCUT2D eigenvalue weighted by Gasteiger charge is 2.34. The van der Waals surface area contributed by atoms with Gasteiger partial charge in [-0.15, -0.1) is 11.8 Å². The van der Waals surface area contributed by atoms with Crippen LogP contribution in [0.2, 0.25) is 5.02 Å². The summed E-state index contributed by atoms with van der Waals surface area (Å²) >= 11 is 8.00. The van der Waals surface area contributed by atoms with E-state index in [1.165, 1.54) is 7.11 Å². The standard InChI is InChI=1S/C27H28ClN3O6S/c1-35-21-6-4-5-18(25(21)37-3)26-19-13-16(28)7-9-20(19)31-12-11-29-27(31)22(38-26)14-23(33)30-15-17(32)8-10-24(34)36-2/h4-7,9,11-13,22,26H,8,10,14-15H2,1-3H3,(H,30,33)/t22-,26-/m0/s1. The summed E-state index contributed by atoms with van der Waals surface area (Å²) in [6, 6.07) is 11.4. The molecule has 200 valence electrons. The highest BCUT2D eigenvalue weighted by Crippen LogP contribution is 2.53. The Bertz CT molecular complexity index is 1340. The number of ether oxygens (including phenoxy) is 3. The normalized spacial score (nSPS) is 16.0. The number of halogens is 1. The molecular weight excluding hydrogens is 530 g/mol. The Morgan fingerprint density at radius 1 is 1.08 bits per heavy atom. The predicted octanol–water partition coefficient (Wildman–Crippen LogP) is 4.45. The number of aromatic nitrogens is 2. The number of hydrogen-bond donors (Lipinski definition) is 1. The number of fused-ring (bicyclic) bond motifs is 3. The molecule has 0 bridgehead atoms. The van der Waals surface area contributed by atoms with Crippen LogP contribution in [0.5, 0.6) is 11.5 Å². The number of ketones is 1. The Kier molecular flexibility index (Phi) is 8.96. The van der Waals surface area contributed by atoms with Crippen molar-refractivity contribution < 1.29 is 28.6 Å². The summed E-state index contributed by atoms with van der Waals surface area (Å²) < 4.78 is 17.8. The number of methoxy groups -OCH3 is 3. The minimum atomic E-state index is -0.468. The van der Waals surface area contributed by atoms with Crippen LogP contribution in [0.3, 0.4) is 0 Å². The summed E-state index contributed by atoms with van der Waals surface area (Å²) in [7, 11) is 4.44. The fourth-order valence-electron chi connectivity index (χ4n) is 4.38. The van der Waals surface area contributed by atoms with Gasteiger partial charge in [0.25, 0.3) is 0 Å². The molecule has 3 aromatic rings. The Labute approximate surface area is 229 Å². The molecule has 1 aliphatic rings. The minimum absolute atomic E-state index is 0.00329. The molecule has 0 saturated carbocycles. The molecule has 1 N–H and O–H groups in total. The number of esters is 1. The summed E-state index contributed by atoms with van der Waals surface area (Å²) in [4.78, 5) is 41.0. The summed E-state index contributed by atoms with van der Waals surface area (Å²) in [6.07, 6.45) is 3.61. The van der Waals surface area contributed by atoms with Crippen molar-refractivity contribution in [1.82, 2.24) is 14.9 Å². The molecule has 11 heteroatoms. The van der Waals surface area contributed by atoms with E-state index in [-0.39, 0.29) is 48.0 Å². The Balaban J connectivity index is 1.64. The molecule has 2 aromatic carbocycles. The van der Waals surface area contributed by atoms with Gasteiger partial charge in [-0.3, -0.25) is 14.4 Å². The van der Waals surface area contributed by atoms with Gasteiger partial charge in [0.15, 0.2) is 17.3 Å². The Hall–Kier alpha value is -3.50. The number of amides is 1. The van der Waals surface area contributed by atoms with E-state index in [1.807, 2.05) is 47.2 Å². The molecule has 0 fully saturated rings. The molecule has 0 radical (unpaired) electrons. The first kappa shape index (κ1) is 27.5. The van der Waals surface area contributed by atoms with E-state index in [0.717, 1.165) is 16.8 Å². The number of imidazole rings is 1. The molecule has 0 unspecified atom stereocenters. The molecule has 2 atom stereocenters. The Morgan fingerprint density at radius 2 is 1.89 bits per heavy atom. The average molecular weight is 558 g/mol. The van der Waals surface area contributed by atoms with Crippen LogP contribution in [0, 0.1) is 0 Å². The quantitative estimate of drug-likeness (QED) is 0.364. The van der Waals surface area contributed by atoms with E-state index in [1.54, 1.807) is 32.2 Å². The lowest BCUT2D eigenvalue weighted by Gasteiger charge is -2.24. The number of Topliss-reactive ketones (excluding diaryl/α,β-unsaturated/α-hetero) is 1. The number of benzene rings is 2. The maximum absolute atomic E-state index is 13.0. The zero-order chi connectivity index (χ0) is 27.2. The van der Waals surface area contributed by atoms with Crippen LogP contribution < -0.4 is 14.8 Å². The van der Waals surface area contributed by atoms with Gasteiger partial charge in [0.05, 0.1) is 50.5 Å². The van der Waals surface area contributed by atoms with Crippen molar-refractivity contribution in [2.24, 2.45) is 0 Å². The van der Waals surface area contributed by atoms with E-state index >= 15 is 0 Å². The van der Waals surface area contributed by atoms with Crippen LogP contribution in [0.4, 0.5) is 0 Å². The highest BCUT2D eigenvalue weighted by molar-refractivity contribution is 8.00. The van der Waals surface area contributed by atoms with Gasteiger partial charge in [-0.05, 0) is 29.8 Å². The third kappa shape index (κ3) is 5.97. The number of para-hydroxylation sites is 1. The third-order valence-electron chi connectivity index (χ3n) is 6.19. The van der Waals surface area contributed by atoms with Crippen LogP contribution in [0.25, 0.3) is 5.69 Å². The maximum atomic E-state index is 13.0. The first-order valence-corrected chi connectivity index (χ1v) is 13.2. The molecule has 0 saturated heterocycles. The molecule has 2 heterocycles. The number of thioether (sulfide) groups is 1. The van der Waals surface area contributed by atoms with Crippen LogP contribution >= 0.6 is 23.4 Å². The third-order valence-corrected chi connectivity index (χ3v) is 7.92. The van der Waals surface area contributed by atoms with Crippen molar-refractivity contribution in [1.29, 1.82) is 0 Å². The lowest BCUT2D eigenvalue weighted by molar-refractivity contribution is -0.141. The molecular formula is C27H28ClN3O6S. The first-order valence-electron chi connectivity index (χ1n) is 11.9. The zero-order valence-electron chi connectivity index (χ0n) is 21.2. The van der Waals surface area contributed by atoms with E-state index < -0.39 is 5.97 Å². The highest BCUT2D eigenvalue weighted by atomic mass is 35.5. The molecule has 1 amide bonds. The smallest absolute Gasteiger partial charge is 0.305 e. The van der Waals surface area contributed by atoms with Crippen molar-refractivity contribution >= 4 is 41.0 Å². The second kappa shape index (κ2) is 12.4.